The van der Waals surface area contributed by atoms with Crippen LogP contribution in [0.2, 0.25) is 0 Å². The Balaban J connectivity index is 3.19. The van der Waals surface area contributed by atoms with Crippen LogP contribution in [0.5, 0.6) is 0 Å². The molecule has 5 nitrogen and oxygen atoms in total. The van der Waals surface area contributed by atoms with Crippen molar-refractivity contribution in [3.8, 4) is 0 Å². The molecule has 0 aromatic carbocycles. The third-order valence-electron chi connectivity index (χ3n) is 4.30. The summed E-state index contributed by atoms with van der Waals surface area (Å²) in [5.74, 6) is 0.871. The Bertz CT molecular complexity index is 238. The Labute approximate surface area is 155 Å². The Morgan fingerprint density at radius 1 is 0.600 bits per heavy atom. The first-order chi connectivity index (χ1) is 12.3. The summed E-state index contributed by atoms with van der Waals surface area (Å²) >= 11 is 0. The molecular weight excluding hydrogens is 320 g/mol. The summed E-state index contributed by atoms with van der Waals surface area (Å²) in [4.78, 5) is 0. The van der Waals surface area contributed by atoms with Crippen molar-refractivity contribution in [3.05, 3.63) is 0 Å². The molecule has 0 aliphatic heterocycles. The second-order valence-corrected chi connectivity index (χ2v) is 6.44. The van der Waals surface area contributed by atoms with Gasteiger partial charge in [0.1, 0.15) is 0 Å². The molecule has 152 valence electrons. The van der Waals surface area contributed by atoms with E-state index in [2.05, 4.69) is 13.8 Å². The Kier molecular flexibility index (Phi) is 21.7. The van der Waals surface area contributed by atoms with Gasteiger partial charge in [-0.1, -0.05) is 52.4 Å². The quantitative estimate of drug-likeness (QED) is 0.315. The predicted molar refractivity (Wildman–Crippen MR) is 102 cm³/mol. The zero-order valence-corrected chi connectivity index (χ0v) is 16.7. The second-order valence-electron chi connectivity index (χ2n) is 6.44. The smallest absolute Gasteiger partial charge is 0.0701 e. The van der Waals surface area contributed by atoms with Crippen LogP contribution >= 0.6 is 0 Å². The van der Waals surface area contributed by atoms with Gasteiger partial charge in [0.2, 0.25) is 0 Å². The summed E-state index contributed by atoms with van der Waals surface area (Å²) < 4.78 is 21.5. The Morgan fingerprint density at radius 2 is 1.12 bits per heavy atom. The van der Waals surface area contributed by atoms with Crippen LogP contribution in [0.4, 0.5) is 0 Å². The first kappa shape index (κ1) is 24.8. The van der Waals surface area contributed by atoms with Gasteiger partial charge in [0.15, 0.2) is 0 Å². The molecule has 0 spiro atoms. The fourth-order valence-electron chi connectivity index (χ4n) is 2.71. The van der Waals surface area contributed by atoms with Crippen molar-refractivity contribution < 1.29 is 24.1 Å². The lowest BCUT2D eigenvalue weighted by atomic mass is 9.94. The Morgan fingerprint density at radius 3 is 1.64 bits per heavy atom. The van der Waals surface area contributed by atoms with E-state index in [1.807, 2.05) is 0 Å². The van der Waals surface area contributed by atoms with E-state index in [0.717, 1.165) is 18.9 Å². The van der Waals surface area contributed by atoms with E-state index in [9.17, 15) is 0 Å². The average Bonchev–Trinajstić information content (AvgIpc) is 2.63. The lowest BCUT2D eigenvalue weighted by Gasteiger charge is -2.14. The minimum Gasteiger partial charge on any atom is -0.394 e. The fraction of sp³-hybridized carbons (Fsp3) is 1.00. The summed E-state index contributed by atoms with van der Waals surface area (Å²) in [6, 6.07) is 0. The van der Waals surface area contributed by atoms with Gasteiger partial charge in [-0.15, -0.1) is 0 Å². The number of aliphatic hydroxyl groups excluding tert-OH is 1. The van der Waals surface area contributed by atoms with Gasteiger partial charge in [-0.25, -0.2) is 0 Å². The van der Waals surface area contributed by atoms with Crippen molar-refractivity contribution in [2.75, 3.05) is 59.5 Å². The summed E-state index contributed by atoms with van der Waals surface area (Å²) in [6.45, 7) is 9.33. The van der Waals surface area contributed by atoms with Gasteiger partial charge in [0.25, 0.3) is 0 Å². The summed E-state index contributed by atoms with van der Waals surface area (Å²) in [6.07, 6.45) is 10.6. The molecule has 0 aliphatic carbocycles. The van der Waals surface area contributed by atoms with Gasteiger partial charge in [-0.2, -0.15) is 0 Å². The molecule has 25 heavy (non-hydrogen) atoms. The van der Waals surface area contributed by atoms with Gasteiger partial charge in [-0.3, -0.25) is 0 Å². The molecule has 0 radical (unpaired) electrons. The summed E-state index contributed by atoms with van der Waals surface area (Å²) in [5, 5.41) is 8.54. The molecule has 0 fully saturated rings. The molecule has 0 bridgehead atoms. The minimum atomic E-state index is 0.0567. The van der Waals surface area contributed by atoms with E-state index in [4.69, 9.17) is 24.1 Å². The van der Waals surface area contributed by atoms with E-state index in [1.165, 1.54) is 44.9 Å². The number of hydrogen-bond donors (Lipinski definition) is 1. The van der Waals surface area contributed by atoms with E-state index in [-0.39, 0.29) is 6.61 Å². The highest BCUT2D eigenvalue weighted by Crippen LogP contribution is 2.19. The summed E-state index contributed by atoms with van der Waals surface area (Å²) in [5.41, 5.74) is 0. The number of rotatable bonds is 21. The van der Waals surface area contributed by atoms with E-state index in [1.54, 1.807) is 0 Å². The van der Waals surface area contributed by atoms with Crippen LogP contribution in [-0.4, -0.2) is 64.6 Å². The van der Waals surface area contributed by atoms with Gasteiger partial charge in [0.05, 0.1) is 52.9 Å². The third kappa shape index (κ3) is 20.0. The van der Waals surface area contributed by atoms with Gasteiger partial charge < -0.3 is 24.1 Å². The summed E-state index contributed by atoms with van der Waals surface area (Å²) in [7, 11) is 0. The average molecular weight is 363 g/mol. The normalized spacial score (nSPS) is 12.6. The number of hydrogen-bond acceptors (Lipinski definition) is 5. The molecule has 1 N–H and O–H groups in total. The maximum atomic E-state index is 8.54. The maximum absolute atomic E-state index is 8.54. The predicted octanol–water partition coefficient (Wildman–Crippen LogP) is 3.82. The maximum Gasteiger partial charge on any atom is 0.0701 e. The first-order valence-electron chi connectivity index (χ1n) is 10.3. The van der Waals surface area contributed by atoms with Crippen LogP contribution in [-0.2, 0) is 18.9 Å². The standard InChI is InChI=1S/C20H42O5/c1-3-5-6-7-9-20(4-2)10-8-12-22-14-16-24-18-19-25-17-15-23-13-11-21/h20-21H,3-19H2,1-2H3. The minimum absolute atomic E-state index is 0.0567. The number of unbranched alkanes of at least 4 members (excludes halogenated alkanes) is 3. The highest BCUT2D eigenvalue weighted by Gasteiger charge is 2.05. The molecule has 0 saturated carbocycles. The fourth-order valence-corrected chi connectivity index (χ4v) is 2.71. The third-order valence-corrected chi connectivity index (χ3v) is 4.30. The largest absolute Gasteiger partial charge is 0.394 e. The van der Waals surface area contributed by atoms with Crippen molar-refractivity contribution in [1.82, 2.24) is 0 Å². The van der Waals surface area contributed by atoms with Crippen LogP contribution in [0.25, 0.3) is 0 Å². The topological polar surface area (TPSA) is 57.2 Å². The molecule has 0 aliphatic rings. The monoisotopic (exact) mass is 362 g/mol. The SMILES string of the molecule is CCCCCCC(CC)CCCOCCOCCOCCOCCO. The van der Waals surface area contributed by atoms with E-state index in [0.29, 0.717) is 46.2 Å². The lowest BCUT2D eigenvalue weighted by molar-refractivity contribution is -0.00597. The van der Waals surface area contributed by atoms with Gasteiger partial charge in [0, 0.05) is 6.61 Å². The van der Waals surface area contributed by atoms with Crippen molar-refractivity contribution in [2.45, 2.75) is 65.2 Å². The molecule has 0 heterocycles. The first-order valence-corrected chi connectivity index (χ1v) is 10.3. The number of ether oxygens (including phenoxy) is 4. The molecule has 0 aromatic rings. The van der Waals surface area contributed by atoms with Gasteiger partial charge in [-0.05, 0) is 18.8 Å². The van der Waals surface area contributed by atoms with Crippen molar-refractivity contribution in [3.63, 3.8) is 0 Å². The molecule has 1 atom stereocenters. The molecule has 1 unspecified atom stereocenters. The van der Waals surface area contributed by atoms with Crippen molar-refractivity contribution >= 4 is 0 Å². The van der Waals surface area contributed by atoms with E-state index >= 15 is 0 Å². The van der Waals surface area contributed by atoms with Crippen LogP contribution in [0, 0.1) is 5.92 Å². The van der Waals surface area contributed by atoms with E-state index < -0.39 is 0 Å². The number of aliphatic hydroxyl groups is 1. The van der Waals surface area contributed by atoms with Crippen LogP contribution < -0.4 is 0 Å². The van der Waals surface area contributed by atoms with Crippen molar-refractivity contribution in [1.29, 1.82) is 0 Å². The molecule has 0 rings (SSSR count). The molecular formula is C20H42O5. The highest BCUT2D eigenvalue weighted by atomic mass is 16.6. The van der Waals surface area contributed by atoms with Gasteiger partial charge >= 0.3 is 0 Å². The van der Waals surface area contributed by atoms with Crippen LogP contribution in [0.15, 0.2) is 0 Å². The lowest BCUT2D eigenvalue weighted by Crippen LogP contribution is -2.13. The van der Waals surface area contributed by atoms with Crippen LogP contribution in [0.1, 0.15) is 65.2 Å². The molecule has 5 heteroatoms. The van der Waals surface area contributed by atoms with Crippen LogP contribution in [0.3, 0.4) is 0 Å². The molecule has 0 aromatic heterocycles. The van der Waals surface area contributed by atoms with Crippen molar-refractivity contribution in [2.24, 2.45) is 5.92 Å². The molecule has 0 saturated heterocycles. The second kappa shape index (κ2) is 21.8. The zero-order valence-electron chi connectivity index (χ0n) is 16.7. The highest BCUT2D eigenvalue weighted by molar-refractivity contribution is 4.58. The zero-order chi connectivity index (χ0) is 18.4. The Hall–Kier alpha value is -0.200. The molecule has 0 amide bonds.